The van der Waals surface area contributed by atoms with Crippen LogP contribution in [-0.2, 0) is 6.61 Å². The van der Waals surface area contributed by atoms with Crippen molar-refractivity contribution in [3.63, 3.8) is 0 Å². The molecule has 3 nitrogen and oxygen atoms in total. The Morgan fingerprint density at radius 2 is 1.94 bits per heavy atom. The van der Waals surface area contributed by atoms with Gasteiger partial charge in [-0.3, -0.25) is 0 Å². The Kier molecular flexibility index (Phi) is 3.53. The maximum Gasteiger partial charge on any atom is 0.0886 e. The summed E-state index contributed by atoms with van der Waals surface area (Å²) in [6.45, 7) is 8.43. The summed E-state index contributed by atoms with van der Waals surface area (Å²) in [5.41, 5.74) is 5.38. The van der Waals surface area contributed by atoms with Gasteiger partial charge in [0, 0.05) is 5.69 Å². The molecule has 18 heavy (non-hydrogen) atoms. The molecule has 0 spiro atoms. The molecule has 0 aliphatic carbocycles. The molecule has 0 fully saturated rings. The molecule has 0 aliphatic rings. The standard InChI is InChI=1S/C15H20N2O/c1-10(2)15-8-13(9-18)16-17(15)14-6-5-11(3)7-12(14)4/h5-8,10,18H,9H2,1-4H3. The number of benzene rings is 1. The molecule has 1 aromatic carbocycles. The Labute approximate surface area is 108 Å². The molecule has 2 rings (SSSR count). The first-order valence-electron chi connectivity index (χ1n) is 6.30. The first-order chi connectivity index (χ1) is 8.52. The van der Waals surface area contributed by atoms with E-state index < -0.39 is 0 Å². The van der Waals surface area contributed by atoms with Crippen LogP contribution < -0.4 is 0 Å². The van der Waals surface area contributed by atoms with E-state index in [0.717, 1.165) is 17.1 Å². The third-order valence-electron chi connectivity index (χ3n) is 3.12. The number of hydrogen-bond donors (Lipinski definition) is 1. The summed E-state index contributed by atoms with van der Waals surface area (Å²) >= 11 is 0. The van der Waals surface area contributed by atoms with Gasteiger partial charge in [0.25, 0.3) is 0 Å². The van der Waals surface area contributed by atoms with Crippen LogP contribution in [0.15, 0.2) is 24.3 Å². The molecule has 0 radical (unpaired) electrons. The first-order valence-corrected chi connectivity index (χ1v) is 6.30. The van der Waals surface area contributed by atoms with E-state index in [-0.39, 0.29) is 6.61 Å². The number of nitrogens with zero attached hydrogens (tertiary/aromatic N) is 2. The average Bonchev–Trinajstić information content (AvgIpc) is 2.73. The topological polar surface area (TPSA) is 38.0 Å². The Balaban J connectivity index is 2.58. The van der Waals surface area contributed by atoms with Crippen molar-refractivity contribution in [2.45, 2.75) is 40.2 Å². The molecule has 0 atom stereocenters. The lowest BCUT2D eigenvalue weighted by Gasteiger charge is -2.12. The second kappa shape index (κ2) is 4.94. The molecule has 0 unspecified atom stereocenters. The molecular weight excluding hydrogens is 224 g/mol. The van der Waals surface area contributed by atoms with Crippen LogP contribution in [-0.4, -0.2) is 14.9 Å². The van der Waals surface area contributed by atoms with Crippen LogP contribution in [0.25, 0.3) is 5.69 Å². The Morgan fingerprint density at radius 1 is 1.22 bits per heavy atom. The molecule has 0 bridgehead atoms. The van der Waals surface area contributed by atoms with Crippen LogP contribution in [0.3, 0.4) is 0 Å². The van der Waals surface area contributed by atoms with Gasteiger partial charge in [0.15, 0.2) is 0 Å². The summed E-state index contributed by atoms with van der Waals surface area (Å²) in [6, 6.07) is 8.31. The van der Waals surface area contributed by atoms with Crippen molar-refractivity contribution in [2.75, 3.05) is 0 Å². The van der Waals surface area contributed by atoms with Crippen molar-refractivity contribution in [1.29, 1.82) is 0 Å². The van der Waals surface area contributed by atoms with Gasteiger partial charge in [-0.05, 0) is 37.5 Å². The van der Waals surface area contributed by atoms with Gasteiger partial charge in [-0.25, -0.2) is 4.68 Å². The van der Waals surface area contributed by atoms with E-state index in [0.29, 0.717) is 5.92 Å². The Bertz CT molecular complexity index is 556. The van der Waals surface area contributed by atoms with Gasteiger partial charge in [-0.15, -0.1) is 0 Å². The van der Waals surface area contributed by atoms with Crippen LogP contribution in [0.1, 0.15) is 42.3 Å². The van der Waals surface area contributed by atoms with Gasteiger partial charge >= 0.3 is 0 Å². The summed E-state index contributed by atoms with van der Waals surface area (Å²) in [5, 5.41) is 13.7. The molecule has 1 heterocycles. The molecular formula is C15H20N2O. The maximum atomic E-state index is 9.24. The highest BCUT2D eigenvalue weighted by atomic mass is 16.3. The zero-order valence-corrected chi connectivity index (χ0v) is 11.4. The summed E-state index contributed by atoms with van der Waals surface area (Å²) < 4.78 is 1.95. The molecule has 1 aromatic heterocycles. The molecule has 0 saturated heterocycles. The van der Waals surface area contributed by atoms with Crippen LogP contribution in [0.4, 0.5) is 0 Å². The number of aliphatic hydroxyl groups is 1. The lowest BCUT2D eigenvalue weighted by Crippen LogP contribution is -2.05. The van der Waals surface area contributed by atoms with Gasteiger partial charge in [-0.2, -0.15) is 5.10 Å². The van der Waals surface area contributed by atoms with E-state index in [2.05, 4.69) is 51.0 Å². The van der Waals surface area contributed by atoms with E-state index in [1.54, 1.807) is 0 Å². The van der Waals surface area contributed by atoms with Gasteiger partial charge in [-0.1, -0.05) is 31.5 Å². The highest BCUT2D eigenvalue weighted by molar-refractivity contribution is 5.43. The monoisotopic (exact) mass is 244 g/mol. The third-order valence-corrected chi connectivity index (χ3v) is 3.12. The predicted molar refractivity (Wildman–Crippen MR) is 73.0 cm³/mol. The summed E-state index contributed by atoms with van der Waals surface area (Å²) in [6.07, 6.45) is 0. The molecule has 0 saturated carbocycles. The quantitative estimate of drug-likeness (QED) is 0.901. The molecule has 3 heteroatoms. The van der Waals surface area contributed by atoms with Gasteiger partial charge in [0.2, 0.25) is 0 Å². The van der Waals surface area contributed by atoms with E-state index in [9.17, 15) is 5.11 Å². The SMILES string of the molecule is Cc1ccc(-n2nc(CO)cc2C(C)C)c(C)c1. The van der Waals surface area contributed by atoms with Crippen molar-refractivity contribution in [3.05, 3.63) is 46.8 Å². The fourth-order valence-electron chi connectivity index (χ4n) is 2.17. The third kappa shape index (κ3) is 2.31. The van der Waals surface area contributed by atoms with Crippen LogP contribution in [0.5, 0.6) is 0 Å². The molecule has 0 aliphatic heterocycles. The zero-order valence-electron chi connectivity index (χ0n) is 11.4. The number of hydrogen-bond acceptors (Lipinski definition) is 2. The molecule has 96 valence electrons. The van der Waals surface area contributed by atoms with E-state index >= 15 is 0 Å². The van der Waals surface area contributed by atoms with E-state index in [1.165, 1.54) is 11.1 Å². The fourth-order valence-corrected chi connectivity index (χ4v) is 2.17. The summed E-state index contributed by atoms with van der Waals surface area (Å²) in [5.74, 6) is 0.374. The minimum Gasteiger partial charge on any atom is -0.390 e. The van der Waals surface area contributed by atoms with Crippen molar-refractivity contribution in [2.24, 2.45) is 0 Å². The smallest absolute Gasteiger partial charge is 0.0886 e. The lowest BCUT2D eigenvalue weighted by atomic mass is 10.1. The highest BCUT2D eigenvalue weighted by Gasteiger charge is 2.13. The number of aryl methyl sites for hydroxylation is 2. The van der Waals surface area contributed by atoms with E-state index in [1.807, 2.05) is 10.7 Å². The second-order valence-corrected chi connectivity index (χ2v) is 5.08. The summed E-state index contributed by atoms with van der Waals surface area (Å²) in [7, 11) is 0. The number of aromatic nitrogens is 2. The fraction of sp³-hybridized carbons (Fsp3) is 0.400. The molecule has 2 aromatic rings. The van der Waals surface area contributed by atoms with Crippen molar-refractivity contribution in [3.8, 4) is 5.69 Å². The highest BCUT2D eigenvalue weighted by Crippen LogP contribution is 2.23. The second-order valence-electron chi connectivity index (χ2n) is 5.08. The van der Waals surface area contributed by atoms with Crippen LogP contribution in [0.2, 0.25) is 0 Å². The van der Waals surface area contributed by atoms with Gasteiger partial charge < -0.3 is 5.11 Å². The van der Waals surface area contributed by atoms with Crippen LogP contribution >= 0.6 is 0 Å². The van der Waals surface area contributed by atoms with Gasteiger partial charge in [0.1, 0.15) is 0 Å². The largest absolute Gasteiger partial charge is 0.390 e. The lowest BCUT2D eigenvalue weighted by molar-refractivity contribution is 0.276. The number of aliphatic hydroxyl groups excluding tert-OH is 1. The Morgan fingerprint density at radius 3 is 2.50 bits per heavy atom. The molecule has 0 amide bonds. The van der Waals surface area contributed by atoms with Crippen LogP contribution in [0, 0.1) is 13.8 Å². The zero-order chi connectivity index (χ0) is 13.3. The van der Waals surface area contributed by atoms with Gasteiger partial charge in [0.05, 0.1) is 18.0 Å². The number of rotatable bonds is 3. The minimum atomic E-state index is -0.0162. The van der Waals surface area contributed by atoms with Crippen molar-refractivity contribution >= 4 is 0 Å². The van der Waals surface area contributed by atoms with E-state index in [4.69, 9.17) is 0 Å². The summed E-state index contributed by atoms with van der Waals surface area (Å²) in [4.78, 5) is 0. The first kappa shape index (κ1) is 12.8. The predicted octanol–water partition coefficient (Wildman–Crippen LogP) is 3.10. The normalized spacial score (nSPS) is 11.2. The average molecular weight is 244 g/mol. The minimum absolute atomic E-state index is 0.0162. The van der Waals surface area contributed by atoms with Crippen molar-refractivity contribution < 1.29 is 5.11 Å². The maximum absolute atomic E-state index is 9.24. The molecule has 1 N–H and O–H groups in total. The Hall–Kier alpha value is -1.61. The van der Waals surface area contributed by atoms with Crippen molar-refractivity contribution in [1.82, 2.24) is 9.78 Å².